The second-order valence-electron chi connectivity index (χ2n) is 8.05. The highest BCUT2D eigenvalue weighted by Crippen LogP contribution is 2.25. The van der Waals surface area contributed by atoms with Gasteiger partial charge in [0.05, 0.1) is 5.70 Å². The first-order valence-corrected chi connectivity index (χ1v) is 10.9. The van der Waals surface area contributed by atoms with E-state index >= 15 is 0 Å². The first kappa shape index (κ1) is 22.0. The van der Waals surface area contributed by atoms with Crippen molar-refractivity contribution >= 4 is 17.5 Å². The SMILES string of the molecule is CN(Cc1ccccc1)C1=CC(=Nc2cccn(-c3ccccn3)c2=O)NN2C(C(=O)O)=CNC12. The number of pyridine rings is 2. The maximum absolute atomic E-state index is 13.1. The fraction of sp³-hybridized carbons (Fsp3) is 0.120. The molecule has 4 heterocycles. The van der Waals surface area contributed by atoms with E-state index in [1.54, 1.807) is 42.7 Å². The van der Waals surface area contributed by atoms with Gasteiger partial charge in [0.2, 0.25) is 0 Å². The fourth-order valence-corrected chi connectivity index (χ4v) is 4.02. The molecule has 176 valence electrons. The van der Waals surface area contributed by atoms with Crippen LogP contribution in [-0.4, -0.2) is 49.6 Å². The second-order valence-corrected chi connectivity index (χ2v) is 8.05. The molecule has 0 aliphatic carbocycles. The molecular weight excluding hydrogens is 446 g/mol. The zero-order valence-electron chi connectivity index (χ0n) is 18.9. The lowest BCUT2D eigenvalue weighted by Crippen LogP contribution is -2.55. The Morgan fingerprint density at radius 2 is 1.94 bits per heavy atom. The standard InChI is InChI=1S/C25H23N7O3/c1-30(16-17-8-3-2-4-9-17)19-14-21(29-32-20(25(34)35)15-27-23(19)32)28-18-10-7-13-31(24(18)33)22-11-5-6-12-26-22/h2-15,23,27H,16H2,1H3,(H,28,29)(H,34,35). The van der Waals surface area contributed by atoms with Crippen LogP contribution in [0.2, 0.25) is 0 Å². The summed E-state index contributed by atoms with van der Waals surface area (Å²) in [5, 5.41) is 14.3. The third-order valence-corrected chi connectivity index (χ3v) is 5.68. The maximum atomic E-state index is 13.1. The number of hydrogen-bond donors (Lipinski definition) is 3. The van der Waals surface area contributed by atoms with Gasteiger partial charge in [0.15, 0.2) is 11.9 Å². The van der Waals surface area contributed by atoms with Crippen LogP contribution in [0.5, 0.6) is 0 Å². The molecule has 0 fully saturated rings. The van der Waals surface area contributed by atoms with Crippen LogP contribution in [-0.2, 0) is 11.3 Å². The molecule has 10 heteroatoms. The summed E-state index contributed by atoms with van der Waals surface area (Å²) in [6, 6.07) is 18.6. The van der Waals surface area contributed by atoms with Gasteiger partial charge >= 0.3 is 5.97 Å². The van der Waals surface area contributed by atoms with Crippen molar-refractivity contribution in [1.29, 1.82) is 0 Å². The van der Waals surface area contributed by atoms with Crippen molar-refractivity contribution in [2.75, 3.05) is 7.05 Å². The number of likely N-dealkylation sites (N-methyl/N-ethyl adjacent to an activating group) is 1. The van der Waals surface area contributed by atoms with E-state index in [2.05, 4.69) is 20.7 Å². The van der Waals surface area contributed by atoms with Gasteiger partial charge < -0.3 is 15.3 Å². The van der Waals surface area contributed by atoms with E-state index in [4.69, 9.17) is 0 Å². The minimum absolute atomic E-state index is 0.0420. The summed E-state index contributed by atoms with van der Waals surface area (Å²) in [7, 11) is 1.93. The molecule has 1 aromatic carbocycles. The van der Waals surface area contributed by atoms with E-state index in [1.807, 2.05) is 48.4 Å². The first-order valence-electron chi connectivity index (χ1n) is 10.9. The topological polar surface area (TPSA) is 115 Å². The normalized spacial score (nSPS) is 17.7. The molecule has 0 saturated carbocycles. The number of rotatable bonds is 6. The number of hydrazine groups is 1. The van der Waals surface area contributed by atoms with Gasteiger partial charge in [0.1, 0.15) is 17.3 Å². The van der Waals surface area contributed by atoms with Crippen molar-refractivity contribution in [2.45, 2.75) is 12.7 Å². The summed E-state index contributed by atoms with van der Waals surface area (Å²) in [6.07, 6.45) is 6.05. The highest BCUT2D eigenvalue weighted by Gasteiger charge is 2.37. The molecule has 0 spiro atoms. The molecule has 0 amide bonds. The monoisotopic (exact) mass is 469 g/mol. The van der Waals surface area contributed by atoms with Crippen molar-refractivity contribution in [3.8, 4) is 5.82 Å². The van der Waals surface area contributed by atoms with Crippen LogP contribution in [0.1, 0.15) is 5.56 Å². The number of aliphatic carboxylic acids is 1. The van der Waals surface area contributed by atoms with Gasteiger partial charge in [-0.2, -0.15) is 0 Å². The molecule has 0 bridgehead atoms. The number of benzene rings is 1. The number of amidine groups is 1. The zero-order valence-corrected chi connectivity index (χ0v) is 18.9. The van der Waals surface area contributed by atoms with E-state index in [9.17, 15) is 14.7 Å². The van der Waals surface area contributed by atoms with Crippen molar-refractivity contribution in [1.82, 2.24) is 30.2 Å². The van der Waals surface area contributed by atoms with Gasteiger partial charge in [-0.25, -0.2) is 19.8 Å². The lowest BCUT2D eigenvalue weighted by atomic mass is 10.1. The van der Waals surface area contributed by atoms with Crippen molar-refractivity contribution in [3.05, 3.63) is 113 Å². The van der Waals surface area contributed by atoms with Crippen LogP contribution in [0.15, 0.2) is 107 Å². The largest absolute Gasteiger partial charge is 0.476 e. The average Bonchev–Trinajstić information content (AvgIpc) is 3.30. The summed E-state index contributed by atoms with van der Waals surface area (Å²) in [5.41, 5.74) is 4.82. The van der Waals surface area contributed by atoms with Gasteiger partial charge in [-0.1, -0.05) is 36.4 Å². The smallest absolute Gasteiger partial charge is 0.355 e. The van der Waals surface area contributed by atoms with E-state index in [-0.39, 0.29) is 16.9 Å². The summed E-state index contributed by atoms with van der Waals surface area (Å²) >= 11 is 0. The molecule has 2 aliphatic rings. The lowest BCUT2D eigenvalue weighted by Gasteiger charge is -2.38. The number of aromatic nitrogens is 2. The molecule has 3 aromatic rings. The molecule has 0 saturated heterocycles. The van der Waals surface area contributed by atoms with Gasteiger partial charge in [-0.15, -0.1) is 0 Å². The summed E-state index contributed by atoms with van der Waals surface area (Å²) < 4.78 is 1.41. The molecular formula is C25H23N7O3. The number of hydrogen-bond acceptors (Lipinski definition) is 7. The van der Waals surface area contributed by atoms with Crippen LogP contribution in [0.4, 0.5) is 5.69 Å². The maximum Gasteiger partial charge on any atom is 0.355 e. The number of carboxylic acid groups (broad SMARTS) is 1. The molecule has 0 radical (unpaired) electrons. The van der Waals surface area contributed by atoms with Crippen LogP contribution in [0.3, 0.4) is 0 Å². The molecule has 1 unspecified atom stereocenters. The summed E-state index contributed by atoms with van der Waals surface area (Å²) in [6.45, 7) is 0.603. The second kappa shape index (κ2) is 9.18. The third kappa shape index (κ3) is 4.36. The minimum Gasteiger partial charge on any atom is -0.476 e. The van der Waals surface area contributed by atoms with E-state index in [0.29, 0.717) is 18.2 Å². The van der Waals surface area contributed by atoms with Crippen molar-refractivity contribution in [3.63, 3.8) is 0 Å². The fourth-order valence-electron chi connectivity index (χ4n) is 4.02. The van der Waals surface area contributed by atoms with E-state index in [0.717, 1.165) is 11.3 Å². The number of fused-ring (bicyclic) bond motifs is 1. The van der Waals surface area contributed by atoms with Gasteiger partial charge in [0, 0.05) is 38.3 Å². The number of nitrogens with zero attached hydrogens (tertiary/aromatic N) is 5. The van der Waals surface area contributed by atoms with Crippen LogP contribution in [0.25, 0.3) is 5.82 Å². The minimum atomic E-state index is -1.09. The molecule has 1 atom stereocenters. The number of nitrogens with one attached hydrogen (secondary N) is 2. The predicted octanol–water partition coefficient (Wildman–Crippen LogP) is 1.95. The molecule has 2 aromatic heterocycles. The summed E-state index contributed by atoms with van der Waals surface area (Å²) in [5.74, 6) is -0.270. The highest BCUT2D eigenvalue weighted by molar-refractivity contribution is 5.97. The molecule has 10 nitrogen and oxygen atoms in total. The van der Waals surface area contributed by atoms with E-state index < -0.39 is 12.1 Å². The molecule has 5 rings (SSSR count). The van der Waals surface area contributed by atoms with Crippen LogP contribution in [0, 0.1) is 0 Å². The highest BCUT2D eigenvalue weighted by atomic mass is 16.4. The Labute approximate surface area is 201 Å². The van der Waals surface area contributed by atoms with Crippen molar-refractivity contribution in [2.24, 2.45) is 4.99 Å². The number of aliphatic imine (C=N–C) groups is 1. The van der Waals surface area contributed by atoms with E-state index in [1.165, 1.54) is 15.8 Å². The Balaban J connectivity index is 1.53. The number of carboxylic acids is 1. The predicted molar refractivity (Wildman–Crippen MR) is 131 cm³/mol. The van der Waals surface area contributed by atoms with Gasteiger partial charge in [-0.3, -0.25) is 14.8 Å². The molecule has 35 heavy (non-hydrogen) atoms. The van der Waals surface area contributed by atoms with Crippen molar-refractivity contribution < 1.29 is 9.90 Å². The Kier molecular flexibility index (Phi) is 5.76. The number of carbonyl (C=O) groups is 1. The first-order chi connectivity index (χ1) is 17.0. The average molecular weight is 470 g/mol. The Hall–Kier alpha value is -4.86. The summed E-state index contributed by atoms with van der Waals surface area (Å²) in [4.78, 5) is 35.8. The Morgan fingerprint density at radius 3 is 2.69 bits per heavy atom. The van der Waals surface area contributed by atoms with Crippen LogP contribution >= 0.6 is 0 Å². The molecule has 2 aliphatic heterocycles. The molecule has 3 N–H and O–H groups in total. The van der Waals surface area contributed by atoms with Crippen LogP contribution < -0.4 is 16.3 Å². The quantitative estimate of drug-likeness (QED) is 0.502. The van der Waals surface area contributed by atoms with Gasteiger partial charge in [-0.05, 0) is 29.8 Å². The Morgan fingerprint density at radius 1 is 1.14 bits per heavy atom. The lowest BCUT2D eigenvalue weighted by molar-refractivity contribution is -0.134. The zero-order chi connectivity index (χ0) is 24.4. The third-order valence-electron chi connectivity index (χ3n) is 5.68. The van der Waals surface area contributed by atoms with Gasteiger partial charge in [0.25, 0.3) is 5.56 Å². The Bertz CT molecular complexity index is 1400.